The average molecular weight is 359 g/mol. The van der Waals surface area contributed by atoms with Crippen LogP contribution in [-0.2, 0) is 20.6 Å². The minimum Gasteiger partial charge on any atom is -0.443 e. The van der Waals surface area contributed by atoms with E-state index in [-0.39, 0.29) is 30.4 Å². The van der Waals surface area contributed by atoms with Crippen LogP contribution < -0.4 is 5.32 Å². The highest BCUT2D eigenvalue weighted by atomic mass is 16.6. The highest BCUT2D eigenvalue weighted by molar-refractivity contribution is 5.68. The lowest BCUT2D eigenvalue weighted by molar-refractivity contribution is 0.0660. The quantitative estimate of drug-likeness (QED) is 0.724. The molecule has 0 aromatic heterocycles. The number of hydrogen-bond donors (Lipinski definition) is 1. The largest absolute Gasteiger partial charge is 0.443 e. The summed E-state index contributed by atoms with van der Waals surface area (Å²) >= 11 is 0. The molecule has 4 rings (SSSR count). The zero-order valence-corrected chi connectivity index (χ0v) is 15.4. The molecule has 0 radical (unpaired) electrons. The van der Waals surface area contributed by atoms with Crippen LogP contribution in [0.25, 0.3) is 0 Å². The van der Waals surface area contributed by atoms with Crippen molar-refractivity contribution in [3.63, 3.8) is 0 Å². The Hall–Kier alpha value is -1.59. The number of benzene rings is 1. The fraction of sp³-hybridized carbons (Fsp3) is 0.667. The minimum atomic E-state index is -0.347. The van der Waals surface area contributed by atoms with E-state index in [2.05, 4.69) is 24.4 Å². The number of nitrogens with one attached hydrogen (secondary N) is 1. The molecule has 0 bridgehead atoms. The molecular formula is C21H29NO4. The molecule has 1 N–H and O–H groups in total. The van der Waals surface area contributed by atoms with Gasteiger partial charge in [-0.3, -0.25) is 0 Å². The Labute approximate surface area is 155 Å². The van der Waals surface area contributed by atoms with E-state index in [1.807, 2.05) is 18.2 Å². The van der Waals surface area contributed by atoms with Crippen LogP contribution in [0.4, 0.5) is 4.79 Å². The molecule has 2 saturated heterocycles. The van der Waals surface area contributed by atoms with Crippen LogP contribution in [-0.4, -0.2) is 43.7 Å². The first-order valence-electron chi connectivity index (χ1n) is 9.93. The Morgan fingerprint density at radius 2 is 1.96 bits per heavy atom. The second-order valence-corrected chi connectivity index (χ2v) is 7.98. The van der Waals surface area contributed by atoms with Crippen LogP contribution in [0.3, 0.4) is 0 Å². The molecule has 1 amide bonds. The van der Waals surface area contributed by atoms with Crippen molar-refractivity contribution in [1.29, 1.82) is 0 Å². The highest BCUT2D eigenvalue weighted by Crippen LogP contribution is 2.37. The van der Waals surface area contributed by atoms with Crippen LogP contribution in [0, 0.1) is 11.8 Å². The topological polar surface area (TPSA) is 60.1 Å². The van der Waals surface area contributed by atoms with Gasteiger partial charge >= 0.3 is 6.09 Å². The Morgan fingerprint density at radius 3 is 2.65 bits per heavy atom. The van der Waals surface area contributed by atoms with E-state index < -0.39 is 0 Å². The Kier molecular flexibility index (Phi) is 5.46. The van der Waals surface area contributed by atoms with Crippen molar-refractivity contribution in [2.75, 3.05) is 13.2 Å². The second-order valence-electron chi connectivity index (χ2n) is 7.98. The summed E-state index contributed by atoms with van der Waals surface area (Å²) in [4.78, 5) is 12.5. The van der Waals surface area contributed by atoms with Gasteiger partial charge in [0.2, 0.25) is 0 Å². The molecule has 1 aromatic rings. The van der Waals surface area contributed by atoms with Gasteiger partial charge in [-0.05, 0) is 37.7 Å². The van der Waals surface area contributed by atoms with Crippen molar-refractivity contribution >= 4 is 6.09 Å². The predicted octanol–water partition coefficient (Wildman–Crippen LogP) is 3.32. The molecule has 5 atom stereocenters. The van der Waals surface area contributed by atoms with Gasteiger partial charge in [-0.15, -0.1) is 0 Å². The SMILES string of the molecule is CC1OCC(OC(=O)NC(Cc2ccccc2)C2CO2)C1CCC1CC1. The van der Waals surface area contributed by atoms with E-state index in [0.29, 0.717) is 19.1 Å². The molecule has 26 heavy (non-hydrogen) atoms. The Balaban J connectivity index is 1.29. The van der Waals surface area contributed by atoms with Crippen molar-refractivity contribution < 1.29 is 19.0 Å². The number of carbonyl (C=O) groups excluding carboxylic acids is 1. The van der Waals surface area contributed by atoms with Gasteiger partial charge in [0.15, 0.2) is 0 Å². The first-order valence-corrected chi connectivity index (χ1v) is 9.93. The summed E-state index contributed by atoms with van der Waals surface area (Å²) in [6.07, 6.45) is 5.55. The summed E-state index contributed by atoms with van der Waals surface area (Å²) in [5, 5.41) is 3.03. The zero-order valence-electron chi connectivity index (χ0n) is 15.4. The van der Waals surface area contributed by atoms with Crippen LogP contribution in [0.15, 0.2) is 30.3 Å². The van der Waals surface area contributed by atoms with Gasteiger partial charge in [-0.2, -0.15) is 0 Å². The van der Waals surface area contributed by atoms with Crippen molar-refractivity contribution in [3.05, 3.63) is 35.9 Å². The molecule has 3 fully saturated rings. The normalized spacial score (nSPS) is 31.4. The van der Waals surface area contributed by atoms with Crippen LogP contribution >= 0.6 is 0 Å². The Morgan fingerprint density at radius 1 is 1.19 bits per heavy atom. The molecule has 0 spiro atoms. The third-order valence-corrected chi connectivity index (χ3v) is 5.88. The summed E-state index contributed by atoms with van der Waals surface area (Å²) in [6.45, 7) is 3.30. The molecule has 2 aliphatic heterocycles. The van der Waals surface area contributed by atoms with Crippen LogP contribution in [0.1, 0.15) is 38.2 Å². The maximum absolute atomic E-state index is 12.5. The number of epoxide rings is 1. The van der Waals surface area contributed by atoms with Gasteiger partial charge in [0.25, 0.3) is 0 Å². The molecule has 3 aliphatic rings. The number of hydrogen-bond acceptors (Lipinski definition) is 4. The summed E-state index contributed by atoms with van der Waals surface area (Å²) in [6, 6.07) is 10.1. The number of carbonyl (C=O) groups is 1. The van der Waals surface area contributed by atoms with E-state index in [1.54, 1.807) is 0 Å². The molecule has 1 aliphatic carbocycles. The maximum Gasteiger partial charge on any atom is 0.407 e. The zero-order chi connectivity index (χ0) is 17.9. The number of amides is 1. The number of ether oxygens (including phenoxy) is 3. The number of alkyl carbamates (subject to hydrolysis) is 1. The van der Waals surface area contributed by atoms with Crippen molar-refractivity contribution in [2.45, 2.75) is 63.4 Å². The van der Waals surface area contributed by atoms with E-state index in [0.717, 1.165) is 18.8 Å². The standard InChI is InChI=1S/C21H29NO4/c1-14-17(10-9-15-7-8-15)19(12-24-14)26-21(23)22-18(20-13-25-20)11-16-5-3-2-4-6-16/h2-6,14-15,17-20H,7-13H2,1H3,(H,22,23). The first kappa shape index (κ1) is 17.8. The van der Waals surface area contributed by atoms with E-state index in [1.165, 1.54) is 24.8 Å². The minimum absolute atomic E-state index is 0.0467. The van der Waals surface area contributed by atoms with Gasteiger partial charge in [-0.25, -0.2) is 4.79 Å². The Bertz CT molecular complexity index is 599. The highest BCUT2D eigenvalue weighted by Gasteiger charge is 2.39. The second kappa shape index (κ2) is 7.97. The smallest absolute Gasteiger partial charge is 0.407 e. The van der Waals surface area contributed by atoms with Gasteiger partial charge in [0.1, 0.15) is 12.2 Å². The lowest BCUT2D eigenvalue weighted by Crippen LogP contribution is -2.43. The fourth-order valence-electron chi connectivity index (χ4n) is 3.93. The van der Waals surface area contributed by atoms with Crippen molar-refractivity contribution in [2.24, 2.45) is 11.8 Å². The molecule has 2 heterocycles. The molecule has 1 aromatic carbocycles. The fourth-order valence-corrected chi connectivity index (χ4v) is 3.93. The number of rotatable bonds is 8. The molecule has 5 nitrogen and oxygen atoms in total. The summed E-state index contributed by atoms with van der Waals surface area (Å²) in [5.74, 6) is 1.20. The third kappa shape index (κ3) is 4.77. The summed E-state index contributed by atoms with van der Waals surface area (Å²) < 4.78 is 17.0. The van der Waals surface area contributed by atoms with Gasteiger partial charge in [0.05, 0.1) is 25.4 Å². The molecule has 1 saturated carbocycles. The maximum atomic E-state index is 12.5. The lowest BCUT2D eigenvalue weighted by atomic mass is 9.93. The molecule has 142 valence electrons. The average Bonchev–Trinajstić information content (AvgIpc) is 3.54. The lowest BCUT2D eigenvalue weighted by Gasteiger charge is -2.23. The van der Waals surface area contributed by atoms with Gasteiger partial charge in [-0.1, -0.05) is 43.2 Å². The van der Waals surface area contributed by atoms with E-state index >= 15 is 0 Å². The van der Waals surface area contributed by atoms with Crippen LogP contribution in [0.5, 0.6) is 0 Å². The summed E-state index contributed by atoms with van der Waals surface area (Å²) in [7, 11) is 0. The van der Waals surface area contributed by atoms with Crippen molar-refractivity contribution in [1.82, 2.24) is 5.32 Å². The predicted molar refractivity (Wildman–Crippen MR) is 97.9 cm³/mol. The molecule has 5 unspecified atom stereocenters. The first-order chi connectivity index (χ1) is 12.7. The van der Waals surface area contributed by atoms with Gasteiger partial charge < -0.3 is 19.5 Å². The molecule has 5 heteroatoms. The third-order valence-electron chi connectivity index (χ3n) is 5.88. The van der Waals surface area contributed by atoms with Crippen LogP contribution in [0.2, 0.25) is 0 Å². The monoisotopic (exact) mass is 359 g/mol. The molecular weight excluding hydrogens is 330 g/mol. The van der Waals surface area contributed by atoms with E-state index in [4.69, 9.17) is 14.2 Å². The van der Waals surface area contributed by atoms with Crippen molar-refractivity contribution in [3.8, 4) is 0 Å². The van der Waals surface area contributed by atoms with Gasteiger partial charge in [0, 0.05) is 5.92 Å². The van der Waals surface area contributed by atoms with E-state index in [9.17, 15) is 4.79 Å². The summed E-state index contributed by atoms with van der Waals surface area (Å²) in [5.41, 5.74) is 1.19.